The van der Waals surface area contributed by atoms with E-state index in [0.29, 0.717) is 21.9 Å². The van der Waals surface area contributed by atoms with E-state index in [2.05, 4.69) is 17.0 Å². The highest BCUT2D eigenvalue weighted by atomic mass is 32.1. The van der Waals surface area contributed by atoms with Crippen molar-refractivity contribution in [1.82, 2.24) is 0 Å². The highest BCUT2D eigenvalue weighted by Crippen LogP contribution is 2.43. The van der Waals surface area contributed by atoms with Gasteiger partial charge in [0.05, 0.1) is 0 Å². The Balaban J connectivity index is 1.52. The molecular formula is C30H31NO3S. The molecule has 0 amide bonds. The molecule has 2 heterocycles. The van der Waals surface area contributed by atoms with E-state index >= 15 is 0 Å². The van der Waals surface area contributed by atoms with E-state index in [1.165, 1.54) is 42.7 Å². The molecule has 0 atom stereocenters. The molecule has 3 aromatic carbocycles. The molecule has 35 heavy (non-hydrogen) atoms. The van der Waals surface area contributed by atoms with Gasteiger partial charge in [-0.3, -0.25) is 4.79 Å². The Bertz CT molecular complexity index is 1360. The normalized spacial score (nSPS) is 14.2. The van der Waals surface area contributed by atoms with Crippen LogP contribution >= 0.6 is 11.3 Å². The molecule has 5 heteroatoms. The number of aryl methyl sites for hydroxylation is 3. The van der Waals surface area contributed by atoms with E-state index < -0.39 is 0 Å². The molecule has 1 saturated heterocycles. The number of nitrogens with zero attached hydrogens (tertiary/aromatic N) is 1. The minimum Gasteiger partial charge on any atom is -0.508 e. The predicted octanol–water partition coefficient (Wildman–Crippen LogP) is 7.94. The lowest BCUT2D eigenvalue weighted by Gasteiger charge is -2.22. The van der Waals surface area contributed by atoms with Crippen molar-refractivity contribution in [3.05, 3.63) is 81.7 Å². The molecule has 1 fully saturated rings. The Morgan fingerprint density at radius 3 is 2.20 bits per heavy atom. The Kier molecular flexibility index (Phi) is 6.52. The summed E-state index contributed by atoms with van der Waals surface area (Å²) in [6.45, 7) is 8.18. The van der Waals surface area contributed by atoms with Crippen LogP contribution in [0.25, 0.3) is 10.1 Å². The summed E-state index contributed by atoms with van der Waals surface area (Å²) < 4.78 is 7.23. The van der Waals surface area contributed by atoms with Crippen molar-refractivity contribution in [1.29, 1.82) is 0 Å². The number of phenolic OH excluding ortho intramolecular Hbond substituents is 1. The van der Waals surface area contributed by atoms with Gasteiger partial charge in [-0.25, -0.2) is 0 Å². The Morgan fingerprint density at radius 1 is 0.886 bits per heavy atom. The molecule has 0 radical (unpaired) electrons. The maximum absolute atomic E-state index is 13.8. The second kappa shape index (κ2) is 9.74. The number of carbonyl (C=O) groups is 1. The Morgan fingerprint density at radius 2 is 1.54 bits per heavy atom. The van der Waals surface area contributed by atoms with E-state index in [1.54, 1.807) is 12.1 Å². The van der Waals surface area contributed by atoms with Gasteiger partial charge in [-0.2, -0.15) is 0 Å². The molecule has 1 aliphatic heterocycles. The van der Waals surface area contributed by atoms with Crippen molar-refractivity contribution in [3.63, 3.8) is 0 Å². The lowest BCUT2D eigenvalue weighted by molar-refractivity contribution is 0.103. The van der Waals surface area contributed by atoms with Gasteiger partial charge in [0.1, 0.15) is 16.4 Å². The number of anilines is 1. The number of benzene rings is 3. The Labute approximate surface area is 210 Å². The molecule has 0 unspecified atom stereocenters. The molecule has 0 spiro atoms. The van der Waals surface area contributed by atoms with Crippen molar-refractivity contribution >= 4 is 32.9 Å². The molecule has 0 bridgehead atoms. The van der Waals surface area contributed by atoms with Crippen LogP contribution in [0.1, 0.15) is 57.6 Å². The zero-order chi connectivity index (χ0) is 24.5. The molecule has 180 valence electrons. The van der Waals surface area contributed by atoms with Gasteiger partial charge in [0.15, 0.2) is 5.75 Å². The number of carbonyl (C=O) groups excluding carboxylic acids is 1. The van der Waals surface area contributed by atoms with E-state index in [1.807, 2.05) is 51.1 Å². The van der Waals surface area contributed by atoms with Crippen molar-refractivity contribution < 1.29 is 14.6 Å². The van der Waals surface area contributed by atoms with Crippen LogP contribution in [0.5, 0.6) is 17.2 Å². The minimum atomic E-state index is -0.0446. The average molecular weight is 486 g/mol. The summed E-state index contributed by atoms with van der Waals surface area (Å²) >= 11 is 1.37. The quantitative estimate of drug-likeness (QED) is 0.292. The summed E-state index contributed by atoms with van der Waals surface area (Å²) in [7, 11) is 0. The van der Waals surface area contributed by atoms with E-state index in [9.17, 15) is 9.90 Å². The lowest BCUT2D eigenvalue weighted by atomic mass is 9.95. The van der Waals surface area contributed by atoms with Crippen LogP contribution in [0.2, 0.25) is 0 Å². The van der Waals surface area contributed by atoms with E-state index in [0.717, 1.165) is 39.9 Å². The Hall–Kier alpha value is -3.31. The summed E-state index contributed by atoms with van der Waals surface area (Å²) in [4.78, 5) is 16.8. The van der Waals surface area contributed by atoms with E-state index in [4.69, 9.17) is 4.74 Å². The zero-order valence-corrected chi connectivity index (χ0v) is 21.4. The lowest BCUT2D eigenvalue weighted by Crippen LogP contribution is -2.23. The maximum atomic E-state index is 13.8. The molecular weight excluding hydrogens is 454 g/mol. The van der Waals surface area contributed by atoms with Gasteiger partial charge in [-0.1, -0.05) is 30.5 Å². The third-order valence-corrected chi connectivity index (χ3v) is 7.90. The fraction of sp³-hybridized carbons (Fsp3) is 0.300. The highest BCUT2D eigenvalue weighted by molar-refractivity contribution is 7.21. The third kappa shape index (κ3) is 4.78. The topological polar surface area (TPSA) is 49.8 Å². The maximum Gasteiger partial charge on any atom is 0.207 e. The first-order chi connectivity index (χ1) is 16.9. The summed E-state index contributed by atoms with van der Waals surface area (Å²) in [5.74, 6) is 1.38. The average Bonchev–Trinajstić information content (AvgIpc) is 2.97. The summed E-state index contributed by atoms with van der Waals surface area (Å²) in [6.07, 6.45) is 5.06. The second-order valence-electron chi connectivity index (χ2n) is 9.54. The summed E-state index contributed by atoms with van der Waals surface area (Å²) in [6, 6.07) is 17.4. The van der Waals surface area contributed by atoms with Gasteiger partial charge in [0.2, 0.25) is 5.78 Å². The molecule has 4 aromatic rings. The summed E-state index contributed by atoms with van der Waals surface area (Å²) in [5, 5.41) is 10.9. The number of fused-ring (bicyclic) bond motifs is 1. The number of rotatable bonds is 5. The number of phenols is 1. The van der Waals surface area contributed by atoms with Crippen LogP contribution in [-0.2, 0) is 0 Å². The third-order valence-electron chi connectivity index (χ3n) is 6.77. The smallest absolute Gasteiger partial charge is 0.207 e. The van der Waals surface area contributed by atoms with Crippen LogP contribution < -0.4 is 9.64 Å². The predicted molar refractivity (Wildman–Crippen MR) is 145 cm³/mol. The van der Waals surface area contributed by atoms with Crippen molar-refractivity contribution in [2.45, 2.75) is 46.5 Å². The van der Waals surface area contributed by atoms with Gasteiger partial charge >= 0.3 is 0 Å². The van der Waals surface area contributed by atoms with Crippen molar-refractivity contribution in [3.8, 4) is 17.2 Å². The van der Waals surface area contributed by atoms with Crippen LogP contribution in [0.3, 0.4) is 0 Å². The standard InChI is InChI=1S/C30H31NO3S/c1-19-16-20(2)27(21(3)17-19)28(33)30-29(25-13-10-23(32)18-26(25)35-30)34-24-11-8-22(9-12-24)31-14-6-4-5-7-15-31/h8-13,16-18,32H,4-7,14-15H2,1-3H3. The first-order valence-electron chi connectivity index (χ1n) is 12.3. The number of aromatic hydroxyl groups is 1. The monoisotopic (exact) mass is 485 g/mol. The van der Waals surface area contributed by atoms with Gasteiger partial charge in [0, 0.05) is 34.4 Å². The molecule has 0 aliphatic carbocycles. The van der Waals surface area contributed by atoms with Crippen LogP contribution in [0, 0.1) is 20.8 Å². The van der Waals surface area contributed by atoms with Gasteiger partial charge in [-0.05, 0) is 87.2 Å². The largest absolute Gasteiger partial charge is 0.508 e. The van der Waals surface area contributed by atoms with Crippen molar-refractivity contribution in [2.24, 2.45) is 0 Å². The first kappa shape index (κ1) is 23.4. The minimum absolute atomic E-state index is 0.0446. The summed E-state index contributed by atoms with van der Waals surface area (Å²) in [5.41, 5.74) is 4.98. The highest BCUT2D eigenvalue weighted by Gasteiger charge is 2.25. The second-order valence-corrected chi connectivity index (χ2v) is 10.6. The van der Waals surface area contributed by atoms with Gasteiger partial charge < -0.3 is 14.7 Å². The zero-order valence-electron chi connectivity index (χ0n) is 20.6. The molecule has 1 N–H and O–H groups in total. The van der Waals surface area contributed by atoms with Gasteiger partial charge in [-0.15, -0.1) is 11.3 Å². The SMILES string of the molecule is Cc1cc(C)c(C(=O)c2sc3cc(O)ccc3c2Oc2ccc(N3CCCCCC3)cc2)c(C)c1. The fourth-order valence-electron chi connectivity index (χ4n) is 5.14. The molecule has 0 saturated carbocycles. The van der Waals surface area contributed by atoms with Crippen LogP contribution in [0.4, 0.5) is 5.69 Å². The first-order valence-corrected chi connectivity index (χ1v) is 13.1. The molecule has 4 nitrogen and oxygen atoms in total. The number of thiophene rings is 1. The molecule has 5 rings (SSSR count). The van der Waals surface area contributed by atoms with E-state index in [-0.39, 0.29) is 11.5 Å². The number of hydrogen-bond donors (Lipinski definition) is 1. The fourth-order valence-corrected chi connectivity index (χ4v) is 6.25. The van der Waals surface area contributed by atoms with Crippen LogP contribution in [-0.4, -0.2) is 24.0 Å². The number of hydrogen-bond acceptors (Lipinski definition) is 5. The van der Waals surface area contributed by atoms with Crippen LogP contribution in [0.15, 0.2) is 54.6 Å². The van der Waals surface area contributed by atoms with Crippen molar-refractivity contribution in [2.75, 3.05) is 18.0 Å². The molecule has 1 aliphatic rings. The van der Waals surface area contributed by atoms with Gasteiger partial charge in [0.25, 0.3) is 0 Å². The molecule has 1 aromatic heterocycles. The number of ether oxygens (including phenoxy) is 1. The number of ketones is 1.